The maximum atomic E-state index is 12.5. The molecule has 30 heavy (non-hydrogen) atoms. The molecule has 0 aliphatic heterocycles. The van der Waals surface area contributed by atoms with Crippen LogP contribution in [-0.4, -0.2) is 17.9 Å². The standard InChI is InChI=1S/C23H22N2O5/c1-16-7-6-10-19(22(16)25(27)28)23(26)24-14-18-11-12-20(21(13-18)29-2)30-15-17-8-4-3-5-9-17/h3-13H,14-15H2,1-2H3,(H,24,26). The van der Waals surface area contributed by atoms with Crippen LogP contribution in [0.2, 0.25) is 0 Å². The molecular weight excluding hydrogens is 384 g/mol. The van der Waals surface area contributed by atoms with Gasteiger partial charge in [0.1, 0.15) is 12.2 Å². The summed E-state index contributed by atoms with van der Waals surface area (Å²) in [6.45, 7) is 2.21. The van der Waals surface area contributed by atoms with Gasteiger partial charge in [-0.2, -0.15) is 0 Å². The zero-order valence-electron chi connectivity index (χ0n) is 16.8. The van der Waals surface area contributed by atoms with Crippen molar-refractivity contribution in [2.75, 3.05) is 7.11 Å². The van der Waals surface area contributed by atoms with Crippen LogP contribution < -0.4 is 14.8 Å². The van der Waals surface area contributed by atoms with E-state index in [1.807, 2.05) is 36.4 Å². The average Bonchev–Trinajstić information content (AvgIpc) is 2.76. The van der Waals surface area contributed by atoms with Crippen LogP contribution in [0.1, 0.15) is 27.0 Å². The Morgan fingerprint density at radius 2 is 1.77 bits per heavy atom. The van der Waals surface area contributed by atoms with Crippen molar-refractivity contribution in [3.8, 4) is 11.5 Å². The molecule has 0 radical (unpaired) electrons. The molecule has 0 unspecified atom stereocenters. The van der Waals surface area contributed by atoms with Crippen molar-refractivity contribution in [1.82, 2.24) is 5.32 Å². The van der Waals surface area contributed by atoms with Gasteiger partial charge in [0.25, 0.3) is 11.6 Å². The number of amides is 1. The molecule has 1 amide bonds. The fourth-order valence-electron chi connectivity index (χ4n) is 3.04. The first-order chi connectivity index (χ1) is 14.5. The molecular formula is C23H22N2O5. The highest BCUT2D eigenvalue weighted by Crippen LogP contribution is 2.29. The van der Waals surface area contributed by atoms with E-state index in [0.717, 1.165) is 11.1 Å². The van der Waals surface area contributed by atoms with E-state index < -0.39 is 10.8 Å². The summed E-state index contributed by atoms with van der Waals surface area (Å²) in [4.78, 5) is 23.3. The number of nitrogens with zero attached hydrogens (tertiary/aromatic N) is 1. The minimum absolute atomic E-state index is 0.0368. The molecule has 1 N–H and O–H groups in total. The molecule has 0 heterocycles. The summed E-state index contributed by atoms with van der Waals surface area (Å²) >= 11 is 0. The van der Waals surface area contributed by atoms with Crippen molar-refractivity contribution in [1.29, 1.82) is 0 Å². The number of carbonyl (C=O) groups is 1. The topological polar surface area (TPSA) is 90.7 Å². The minimum atomic E-state index is -0.536. The van der Waals surface area contributed by atoms with Crippen molar-refractivity contribution in [3.05, 3.63) is 99.1 Å². The van der Waals surface area contributed by atoms with E-state index in [-0.39, 0.29) is 17.8 Å². The zero-order valence-corrected chi connectivity index (χ0v) is 16.8. The molecule has 3 aromatic carbocycles. The van der Waals surface area contributed by atoms with E-state index in [2.05, 4.69) is 5.32 Å². The predicted octanol–water partition coefficient (Wildman–Crippen LogP) is 4.42. The first kappa shape index (κ1) is 20.9. The first-order valence-corrected chi connectivity index (χ1v) is 9.35. The third kappa shape index (κ3) is 4.94. The Balaban J connectivity index is 1.68. The summed E-state index contributed by atoms with van der Waals surface area (Å²) < 4.78 is 11.2. The Bertz CT molecular complexity index is 1050. The van der Waals surface area contributed by atoms with Gasteiger partial charge >= 0.3 is 0 Å². The lowest BCUT2D eigenvalue weighted by atomic mass is 10.1. The maximum Gasteiger partial charge on any atom is 0.285 e. The smallest absolute Gasteiger partial charge is 0.285 e. The van der Waals surface area contributed by atoms with Gasteiger partial charge in [0.05, 0.1) is 12.0 Å². The number of nitro benzene ring substituents is 1. The van der Waals surface area contributed by atoms with Crippen LogP contribution in [0.4, 0.5) is 5.69 Å². The number of hydrogen-bond acceptors (Lipinski definition) is 5. The number of benzene rings is 3. The van der Waals surface area contributed by atoms with Gasteiger partial charge < -0.3 is 14.8 Å². The number of rotatable bonds is 8. The van der Waals surface area contributed by atoms with E-state index in [1.165, 1.54) is 6.07 Å². The highest BCUT2D eigenvalue weighted by molar-refractivity contribution is 5.98. The molecule has 0 fully saturated rings. The molecule has 0 atom stereocenters. The normalized spacial score (nSPS) is 10.3. The molecule has 0 aromatic heterocycles. The number of nitro groups is 1. The number of ether oxygens (including phenoxy) is 2. The van der Waals surface area contributed by atoms with Crippen molar-refractivity contribution in [3.63, 3.8) is 0 Å². The van der Waals surface area contributed by atoms with Crippen LogP contribution in [0.5, 0.6) is 11.5 Å². The highest BCUT2D eigenvalue weighted by Gasteiger charge is 2.22. The number of carbonyl (C=O) groups excluding carboxylic acids is 1. The fourth-order valence-corrected chi connectivity index (χ4v) is 3.04. The monoisotopic (exact) mass is 406 g/mol. The van der Waals surface area contributed by atoms with Crippen molar-refractivity contribution in [2.45, 2.75) is 20.1 Å². The molecule has 7 nitrogen and oxygen atoms in total. The summed E-state index contributed by atoms with van der Waals surface area (Å²) in [7, 11) is 1.54. The van der Waals surface area contributed by atoms with Gasteiger partial charge in [0.2, 0.25) is 0 Å². The second-order valence-electron chi connectivity index (χ2n) is 6.67. The molecule has 3 rings (SSSR count). The molecule has 0 saturated heterocycles. The molecule has 154 valence electrons. The Morgan fingerprint density at radius 1 is 1.00 bits per heavy atom. The Morgan fingerprint density at radius 3 is 2.47 bits per heavy atom. The van der Waals surface area contributed by atoms with E-state index in [1.54, 1.807) is 38.3 Å². The summed E-state index contributed by atoms with van der Waals surface area (Å²) in [5.74, 6) is 0.624. The molecule has 3 aromatic rings. The lowest BCUT2D eigenvalue weighted by Gasteiger charge is -2.13. The molecule has 0 bridgehead atoms. The van der Waals surface area contributed by atoms with Crippen LogP contribution in [-0.2, 0) is 13.2 Å². The lowest BCUT2D eigenvalue weighted by molar-refractivity contribution is -0.385. The summed E-state index contributed by atoms with van der Waals surface area (Å²) in [6, 6.07) is 19.8. The quantitative estimate of drug-likeness (QED) is 0.442. The zero-order chi connectivity index (χ0) is 21.5. The van der Waals surface area contributed by atoms with Crippen LogP contribution >= 0.6 is 0 Å². The maximum absolute atomic E-state index is 12.5. The lowest BCUT2D eigenvalue weighted by Crippen LogP contribution is -2.24. The van der Waals surface area contributed by atoms with Gasteiger partial charge in [-0.05, 0) is 36.2 Å². The van der Waals surface area contributed by atoms with E-state index >= 15 is 0 Å². The molecule has 0 spiro atoms. The molecule has 0 saturated carbocycles. The van der Waals surface area contributed by atoms with E-state index in [0.29, 0.717) is 23.7 Å². The van der Waals surface area contributed by atoms with E-state index in [4.69, 9.17) is 9.47 Å². The van der Waals surface area contributed by atoms with Crippen LogP contribution in [0.3, 0.4) is 0 Å². The van der Waals surface area contributed by atoms with Gasteiger partial charge in [-0.25, -0.2) is 0 Å². The highest BCUT2D eigenvalue weighted by atomic mass is 16.6. The largest absolute Gasteiger partial charge is 0.493 e. The van der Waals surface area contributed by atoms with Crippen molar-refractivity contribution in [2.24, 2.45) is 0 Å². The van der Waals surface area contributed by atoms with Crippen LogP contribution in [0, 0.1) is 17.0 Å². The van der Waals surface area contributed by atoms with Crippen molar-refractivity contribution >= 4 is 11.6 Å². The predicted molar refractivity (Wildman–Crippen MR) is 113 cm³/mol. The van der Waals surface area contributed by atoms with Crippen LogP contribution in [0.15, 0.2) is 66.7 Å². The Hall–Kier alpha value is -3.87. The van der Waals surface area contributed by atoms with Gasteiger partial charge in [-0.1, -0.05) is 48.5 Å². The minimum Gasteiger partial charge on any atom is -0.493 e. The SMILES string of the molecule is COc1cc(CNC(=O)c2cccc(C)c2[N+](=O)[O-])ccc1OCc1ccccc1. The number of aryl methyl sites for hydroxylation is 1. The number of nitrogens with one attached hydrogen (secondary N) is 1. The first-order valence-electron chi connectivity index (χ1n) is 9.35. The number of hydrogen-bond donors (Lipinski definition) is 1. The Kier molecular flexibility index (Phi) is 6.64. The third-order valence-electron chi connectivity index (χ3n) is 4.58. The van der Waals surface area contributed by atoms with E-state index in [9.17, 15) is 14.9 Å². The average molecular weight is 406 g/mol. The summed E-state index contributed by atoms with van der Waals surface area (Å²) in [5.41, 5.74) is 2.11. The number of para-hydroxylation sites is 1. The summed E-state index contributed by atoms with van der Waals surface area (Å²) in [6.07, 6.45) is 0. The summed E-state index contributed by atoms with van der Waals surface area (Å²) in [5, 5.41) is 14.0. The Labute approximate surface area is 174 Å². The second kappa shape index (κ2) is 9.56. The molecule has 0 aliphatic carbocycles. The molecule has 7 heteroatoms. The van der Waals surface area contributed by atoms with Gasteiger partial charge in [0, 0.05) is 12.1 Å². The van der Waals surface area contributed by atoms with Gasteiger partial charge in [-0.3, -0.25) is 14.9 Å². The molecule has 0 aliphatic rings. The third-order valence-corrected chi connectivity index (χ3v) is 4.58. The van der Waals surface area contributed by atoms with Gasteiger partial charge in [-0.15, -0.1) is 0 Å². The second-order valence-corrected chi connectivity index (χ2v) is 6.67. The fraction of sp³-hybridized carbons (Fsp3) is 0.174. The van der Waals surface area contributed by atoms with Gasteiger partial charge in [0.15, 0.2) is 11.5 Å². The number of methoxy groups -OCH3 is 1. The van der Waals surface area contributed by atoms with Crippen molar-refractivity contribution < 1.29 is 19.2 Å². The van der Waals surface area contributed by atoms with Crippen LogP contribution in [0.25, 0.3) is 0 Å².